The van der Waals surface area contributed by atoms with Crippen LogP contribution in [0.4, 0.5) is 0 Å². The summed E-state index contributed by atoms with van der Waals surface area (Å²) in [5.74, 6) is -2.72. The molecular formula is C15H15ClNO3-. The van der Waals surface area contributed by atoms with Crippen molar-refractivity contribution in [3.63, 3.8) is 0 Å². The molecule has 1 aromatic rings. The van der Waals surface area contributed by atoms with Gasteiger partial charge < -0.3 is 15.2 Å². The summed E-state index contributed by atoms with van der Waals surface area (Å²) in [5.41, 5.74) is 0.916. The van der Waals surface area contributed by atoms with Crippen molar-refractivity contribution in [2.45, 2.75) is 19.4 Å². The van der Waals surface area contributed by atoms with E-state index in [4.69, 9.17) is 11.6 Å². The van der Waals surface area contributed by atoms with Gasteiger partial charge in [0, 0.05) is 29.4 Å². The molecular weight excluding hydrogens is 278 g/mol. The number of carbonyl (C=O) groups is 2. The van der Waals surface area contributed by atoms with Gasteiger partial charge in [0.05, 0.1) is 0 Å². The van der Waals surface area contributed by atoms with Gasteiger partial charge in [0.25, 0.3) is 0 Å². The lowest BCUT2D eigenvalue weighted by Crippen LogP contribution is -2.43. The molecule has 0 radical (unpaired) electrons. The van der Waals surface area contributed by atoms with Crippen LogP contribution < -0.4 is 10.4 Å². The fraction of sp³-hybridized carbons (Fsp3) is 0.333. The summed E-state index contributed by atoms with van der Waals surface area (Å²) >= 11 is 5.78. The van der Waals surface area contributed by atoms with E-state index in [9.17, 15) is 14.7 Å². The van der Waals surface area contributed by atoms with Crippen LogP contribution in [0.2, 0.25) is 5.02 Å². The number of amides is 1. The third-order valence-corrected chi connectivity index (χ3v) is 3.70. The minimum atomic E-state index is -1.17. The summed E-state index contributed by atoms with van der Waals surface area (Å²) in [6, 6.07) is 7.13. The molecule has 0 unspecified atom stereocenters. The monoisotopic (exact) mass is 292 g/mol. The molecule has 1 aliphatic carbocycles. The molecule has 1 amide bonds. The zero-order valence-corrected chi connectivity index (χ0v) is 11.6. The smallest absolute Gasteiger partial charge is 0.224 e. The van der Waals surface area contributed by atoms with Gasteiger partial charge in [-0.2, -0.15) is 0 Å². The van der Waals surface area contributed by atoms with Gasteiger partial charge in [-0.25, -0.2) is 0 Å². The Morgan fingerprint density at radius 2 is 1.75 bits per heavy atom. The SMILES string of the molecule is O=C([O-])[C@H]1CC=CC[C@@H]1C(=O)NCc1ccc(Cl)cc1. The maximum Gasteiger partial charge on any atom is 0.224 e. The van der Waals surface area contributed by atoms with Gasteiger partial charge in [0.1, 0.15) is 0 Å². The number of hydrogen-bond acceptors (Lipinski definition) is 3. The molecule has 0 aliphatic heterocycles. The van der Waals surface area contributed by atoms with E-state index >= 15 is 0 Å². The van der Waals surface area contributed by atoms with Crippen LogP contribution in [0.25, 0.3) is 0 Å². The normalized spacial score (nSPS) is 21.4. The Labute approximate surface area is 122 Å². The lowest BCUT2D eigenvalue weighted by molar-refractivity contribution is -0.313. The highest BCUT2D eigenvalue weighted by atomic mass is 35.5. The number of allylic oxidation sites excluding steroid dienone is 2. The highest BCUT2D eigenvalue weighted by Gasteiger charge is 2.29. The van der Waals surface area contributed by atoms with Crippen molar-refractivity contribution in [2.24, 2.45) is 11.8 Å². The Balaban J connectivity index is 1.95. The zero-order valence-electron chi connectivity index (χ0n) is 10.8. The maximum atomic E-state index is 12.1. The van der Waals surface area contributed by atoms with Gasteiger partial charge in [-0.05, 0) is 30.5 Å². The van der Waals surface area contributed by atoms with E-state index < -0.39 is 17.8 Å². The van der Waals surface area contributed by atoms with Crippen molar-refractivity contribution in [3.05, 3.63) is 47.0 Å². The number of nitrogens with one attached hydrogen (secondary N) is 1. The molecule has 1 N–H and O–H groups in total. The molecule has 20 heavy (non-hydrogen) atoms. The number of rotatable bonds is 4. The minimum absolute atomic E-state index is 0.251. The topological polar surface area (TPSA) is 69.2 Å². The van der Waals surface area contributed by atoms with Gasteiger partial charge >= 0.3 is 0 Å². The Kier molecular flexibility index (Phi) is 4.79. The third kappa shape index (κ3) is 3.61. The Morgan fingerprint density at radius 3 is 2.35 bits per heavy atom. The van der Waals surface area contributed by atoms with Crippen LogP contribution in [0.1, 0.15) is 18.4 Å². The van der Waals surface area contributed by atoms with Crippen LogP contribution in [0.3, 0.4) is 0 Å². The second kappa shape index (κ2) is 6.57. The van der Waals surface area contributed by atoms with Crippen molar-refractivity contribution in [1.29, 1.82) is 0 Å². The molecule has 0 bridgehead atoms. The van der Waals surface area contributed by atoms with Crippen molar-refractivity contribution in [3.8, 4) is 0 Å². The highest BCUT2D eigenvalue weighted by molar-refractivity contribution is 6.30. The summed E-state index contributed by atoms with van der Waals surface area (Å²) < 4.78 is 0. The molecule has 0 heterocycles. The lowest BCUT2D eigenvalue weighted by Gasteiger charge is -2.28. The van der Waals surface area contributed by atoms with Crippen LogP contribution in [0, 0.1) is 11.8 Å². The van der Waals surface area contributed by atoms with Crippen molar-refractivity contribution < 1.29 is 14.7 Å². The average molecular weight is 293 g/mol. The van der Waals surface area contributed by atoms with Crippen LogP contribution in [0.15, 0.2) is 36.4 Å². The van der Waals surface area contributed by atoms with Crippen molar-refractivity contribution in [2.75, 3.05) is 0 Å². The summed E-state index contributed by atoms with van der Waals surface area (Å²) in [6.45, 7) is 0.357. The summed E-state index contributed by atoms with van der Waals surface area (Å²) in [7, 11) is 0. The fourth-order valence-electron chi connectivity index (χ4n) is 2.29. The van der Waals surface area contributed by atoms with Gasteiger partial charge in [-0.1, -0.05) is 35.9 Å². The second-order valence-electron chi connectivity index (χ2n) is 4.82. The first-order valence-corrected chi connectivity index (χ1v) is 6.83. The molecule has 0 spiro atoms. The van der Waals surface area contributed by atoms with E-state index in [1.165, 1.54) is 0 Å². The zero-order chi connectivity index (χ0) is 14.5. The number of carboxylic acids is 1. The first-order chi connectivity index (χ1) is 9.58. The summed E-state index contributed by atoms with van der Waals surface area (Å²) in [5, 5.41) is 14.4. The van der Waals surface area contributed by atoms with Crippen molar-refractivity contribution in [1.82, 2.24) is 5.32 Å². The number of halogens is 1. The molecule has 0 fully saturated rings. The van der Waals surface area contributed by atoms with E-state index in [0.717, 1.165) is 5.56 Å². The minimum Gasteiger partial charge on any atom is -0.550 e. The predicted octanol–water partition coefficient (Wildman–Crippen LogP) is 1.29. The number of carboxylic acid groups (broad SMARTS) is 1. The molecule has 0 aromatic heterocycles. The molecule has 106 valence electrons. The number of carbonyl (C=O) groups excluding carboxylic acids is 2. The highest BCUT2D eigenvalue weighted by Crippen LogP contribution is 2.25. The van der Waals surface area contributed by atoms with E-state index in [1.54, 1.807) is 18.2 Å². The maximum absolute atomic E-state index is 12.1. The number of hydrogen-bond donors (Lipinski definition) is 1. The standard InChI is InChI=1S/C15H16ClNO3/c16-11-7-5-10(6-8-11)9-17-14(18)12-3-1-2-4-13(12)15(19)20/h1-2,5-8,12-13H,3-4,9H2,(H,17,18)(H,19,20)/p-1/t12-,13-/m0/s1. The first-order valence-electron chi connectivity index (χ1n) is 6.46. The number of benzene rings is 1. The molecule has 2 rings (SSSR count). The quantitative estimate of drug-likeness (QED) is 0.850. The van der Waals surface area contributed by atoms with Crippen LogP contribution in [-0.4, -0.2) is 11.9 Å². The second-order valence-corrected chi connectivity index (χ2v) is 5.26. The van der Waals surface area contributed by atoms with Crippen molar-refractivity contribution >= 4 is 23.5 Å². The molecule has 4 nitrogen and oxygen atoms in total. The van der Waals surface area contributed by atoms with E-state index in [2.05, 4.69) is 5.32 Å². The van der Waals surface area contributed by atoms with Crippen LogP contribution >= 0.6 is 11.6 Å². The number of aliphatic carboxylic acids is 1. The lowest BCUT2D eigenvalue weighted by atomic mass is 9.82. The van der Waals surface area contributed by atoms with E-state index in [1.807, 2.05) is 18.2 Å². The first kappa shape index (κ1) is 14.6. The molecule has 1 aromatic carbocycles. The Bertz CT molecular complexity index is 524. The summed E-state index contributed by atoms with van der Waals surface area (Å²) in [4.78, 5) is 23.1. The fourth-order valence-corrected chi connectivity index (χ4v) is 2.41. The molecule has 5 heteroatoms. The Morgan fingerprint density at radius 1 is 1.15 bits per heavy atom. The molecule has 1 aliphatic rings. The van der Waals surface area contributed by atoms with E-state index in [0.29, 0.717) is 24.4 Å². The van der Waals surface area contributed by atoms with Gasteiger partial charge in [0.2, 0.25) is 5.91 Å². The molecule has 0 saturated heterocycles. The van der Waals surface area contributed by atoms with Gasteiger partial charge in [0.15, 0.2) is 0 Å². The third-order valence-electron chi connectivity index (χ3n) is 3.45. The molecule has 2 atom stereocenters. The molecule has 0 saturated carbocycles. The van der Waals surface area contributed by atoms with Gasteiger partial charge in [-0.3, -0.25) is 4.79 Å². The van der Waals surface area contributed by atoms with Gasteiger partial charge in [-0.15, -0.1) is 0 Å². The van der Waals surface area contributed by atoms with Crippen LogP contribution in [0.5, 0.6) is 0 Å². The summed E-state index contributed by atoms with van der Waals surface area (Å²) in [6.07, 6.45) is 4.40. The Hall–Kier alpha value is -1.81. The van der Waals surface area contributed by atoms with Crippen LogP contribution in [-0.2, 0) is 16.1 Å². The predicted molar refractivity (Wildman–Crippen MR) is 73.7 cm³/mol. The average Bonchev–Trinajstić information content (AvgIpc) is 2.46. The van der Waals surface area contributed by atoms with E-state index in [-0.39, 0.29) is 5.91 Å². The largest absolute Gasteiger partial charge is 0.550 e.